The van der Waals surface area contributed by atoms with E-state index >= 15 is 0 Å². The van der Waals surface area contributed by atoms with Crippen LogP contribution in [0.4, 0.5) is 15.8 Å². The van der Waals surface area contributed by atoms with Crippen molar-refractivity contribution in [3.63, 3.8) is 0 Å². The number of aryl methyl sites for hydroxylation is 1. The molecular weight excluding hydrogens is 573 g/mol. The summed E-state index contributed by atoms with van der Waals surface area (Å²) in [5, 5.41) is 2.62. The number of sulfonamides is 1. The average Bonchev–Trinajstić information content (AvgIpc) is 2.96. The number of rotatable bonds is 7. The van der Waals surface area contributed by atoms with Gasteiger partial charge in [0.2, 0.25) is 5.88 Å². The van der Waals surface area contributed by atoms with Crippen LogP contribution in [-0.4, -0.2) is 62.7 Å². The monoisotopic (exact) mass is 607 g/mol. The van der Waals surface area contributed by atoms with Crippen LogP contribution >= 0.6 is 0 Å². The number of hydrogen-bond donors (Lipinski definition) is 1. The molecular formula is C31H34FN5O5S. The van der Waals surface area contributed by atoms with Gasteiger partial charge in [-0.15, -0.1) is 5.06 Å². The van der Waals surface area contributed by atoms with E-state index in [2.05, 4.69) is 19.6 Å². The molecule has 0 atom stereocenters. The van der Waals surface area contributed by atoms with E-state index in [0.717, 1.165) is 33.8 Å². The second kappa shape index (κ2) is 11.8. The number of hydroxylamine groups is 2. The lowest BCUT2D eigenvalue weighted by molar-refractivity contribution is -0.201. The maximum absolute atomic E-state index is 14.3. The first kappa shape index (κ1) is 30.2. The third-order valence-corrected chi connectivity index (χ3v) is 8.56. The molecule has 0 bridgehead atoms. The molecule has 10 nitrogen and oxygen atoms in total. The van der Waals surface area contributed by atoms with E-state index in [1.54, 1.807) is 23.5 Å². The third-order valence-electron chi connectivity index (χ3n) is 7.16. The maximum atomic E-state index is 14.3. The van der Waals surface area contributed by atoms with E-state index < -0.39 is 26.2 Å². The number of pyridine rings is 2. The van der Waals surface area contributed by atoms with Gasteiger partial charge in [-0.05, 0) is 75.2 Å². The minimum Gasteiger partial charge on any atom is -0.480 e. The van der Waals surface area contributed by atoms with Gasteiger partial charge >= 0.3 is 5.97 Å². The van der Waals surface area contributed by atoms with Gasteiger partial charge in [0.05, 0.1) is 31.1 Å². The zero-order valence-corrected chi connectivity index (χ0v) is 25.5. The predicted molar refractivity (Wildman–Crippen MR) is 163 cm³/mol. The van der Waals surface area contributed by atoms with Crippen molar-refractivity contribution in [1.82, 2.24) is 15.0 Å². The topological polar surface area (TPSA) is 114 Å². The lowest BCUT2D eigenvalue weighted by Gasteiger charge is -2.36. The fourth-order valence-electron chi connectivity index (χ4n) is 4.84. The number of ether oxygens (including phenoxy) is 1. The Kier molecular flexibility index (Phi) is 8.26. The van der Waals surface area contributed by atoms with Crippen LogP contribution in [0.2, 0.25) is 0 Å². The molecule has 4 aromatic rings. The predicted octanol–water partition coefficient (Wildman–Crippen LogP) is 5.18. The number of nitrogens with one attached hydrogen (secondary N) is 1. The molecule has 0 aliphatic carbocycles. The summed E-state index contributed by atoms with van der Waals surface area (Å²) in [5.41, 5.74) is 3.66. The van der Waals surface area contributed by atoms with Crippen molar-refractivity contribution in [3.8, 4) is 17.0 Å². The van der Waals surface area contributed by atoms with Crippen molar-refractivity contribution in [1.29, 1.82) is 0 Å². The molecule has 2 aromatic heterocycles. The summed E-state index contributed by atoms with van der Waals surface area (Å²) in [6, 6.07) is 12.7. The highest BCUT2D eigenvalue weighted by Crippen LogP contribution is 2.35. The molecule has 0 radical (unpaired) electrons. The van der Waals surface area contributed by atoms with Gasteiger partial charge < -0.3 is 14.5 Å². The Morgan fingerprint density at radius 2 is 1.72 bits per heavy atom. The number of methoxy groups -OCH3 is 1. The molecule has 0 amide bonds. The van der Waals surface area contributed by atoms with Crippen molar-refractivity contribution < 1.29 is 27.2 Å². The third kappa shape index (κ3) is 6.40. The number of hydrogen-bond acceptors (Lipinski definition) is 9. The van der Waals surface area contributed by atoms with E-state index in [0.29, 0.717) is 31.7 Å². The average molecular weight is 608 g/mol. The maximum Gasteiger partial charge on any atom is 0.330 e. The highest BCUT2D eigenvalue weighted by Gasteiger charge is 2.28. The van der Waals surface area contributed by atoms with Crippen LogP contribution in [0.25, 0.3) is 22.0 Å². The standard InChI is InChI=1S/C31H34FN5O5S/c1-20-16-21(22-18-25(29(41-5)34-19-22)35-43(39,40)27-9-7-6-8-24(27)32)17-23-26(10-11-33-28(20)23)36-12-14-37(15-13-36)42-30(38)31(2,3)4/h6-11,16-19,35H,12-15H2,1-5H3. The Morgan fingerprint density at radius 1 is 1.00 bits per heavy atom. The van der Waals surface area contributed by atoms with Crippen molar-refractivity contribution in [2.75, 3.05) is 42.9 Å². The second-order valence-electron chi connectivity index (χ2n) is 11.4. The first-order valence-corrected chi connectivity index (χ1v) is 15.3. The van der Waals surface area contributed by atoms with Crippen molar-refractivity contribution in [2.24, 2.45) is 5.41 Å². The van der Waals surface area contributed by atoms with Crippen LogP contribution in [0.15, 0.2) is 65.8 Å². The van der Waals surface area contributed by atoms with Crippen LogP contribution in [-0.2, 0) is 19.7 Å². The van der Waals surface area contributed by atoms with Gasteiger partial charge in [-0.1, -0.05) is 12.1 Å². The van der Waals surface area contributed by atoms with E-state index in [-0.39, 0.29) is 17.5 Å². The van der Waals surface area contributed by atoms with E-state index in [1.807, 2.05) is 45.9 Å². The number of anilines is 2. The number of carbonyl (C=O) groups is 1. The molecule has 2 aromatic carbocycles. The van der Waals surface area contributed by atoms with Crippen molar-refractivity contribution in [2.45, 2.75) is 32.6 Å². The molecule has 226 valence electrons. The number of fused-ring (bicyclic) bond motifs is 1. The summed E-state index contributed by atoms with van der Waals surface area (Å²) in [6.07, 6.45) is 3.37. The summed E-state index contributed by atoms with van der Waals surface area (Å²) in [6.45, 7) is 9.84. The molecule has 43 heavy (non-hydrogen) atoms. The summed E-state index contributed by atoms with van der Waals surface area (Å²) in [4.78, 5) is 28.6. The minimum absolute atomic E-state index is 0.0496. The number of aromatic nitrogens is 2. The Labute approximate surface area is 250 Å². The van der Waals surface area contributed by atoms with Crippen LogP contribution in [0, 0.1) is 18.2 Å². The highest BCUT2D eigenvalue weighted by molar-refractivity contribution is 7.92. The Hall–Kier alpha value is -4.29. The highest BCUT2D eigenvalue weighted by atomic mass is 32.2. The first-order chi connectivity index (χ1) is 20.4. The van der Waals surface area contributed by atoms with E-state index in [9.17, 15) is 17.6 Å². The molecule has 0 saturated carbocycles. The van der Waals surface area contributed by atoms with Crippen LogP contribution in [0.1, 0.15) is 26.3 Å². The van der Waals surface area contributed by atoms with Gasteiger partial charge in [-0.3, -0.25) is 9.71 Å². The molecule has 0 spiro atoms. The van der Waals surface area contributed by atoms with Gasteiger partial charge in [-0.2, -0.15) is 0 Å². The van der Waals surface area contributed by atoms with Gasteiger partial charge in [0.25, 0.3) is 10.0 Å². The molecule has 1 saturated heterocycles. The first-order valence-electron chi connectivity index (χ1n) is 13.8. The van der Waals surface area contributed by atoms with Gasteiger partial charge in [0, 0.05) is 42.1 Å². The van der Waals surface area contributed by atoms with E-state index in [1.165, 1.54) is 25.3 Å². The molecule has 3 heterocycles. The Morgan fingerprint density at radius 3 is 2.40 bits per heavy atom. The zero-order chi connectivity index (χ0) is 30.9. The van der Waals surface area contributed by atoms with Crippen molar-refractivity contribution in [3.05, 3.63) is 72.3 Å². The van der Waals surface area contributed by atoms with Crippen LogP contribution < -0.4 is 14.4 Å². The van der Waals surface area contributed by atoms with Crippen LogP contribution in [0.5, 0.6) is 5.88 Å². The fraction of sp³-hybridized carbons (Fsp3) is 0.323. The second-order valence-corrected chi connectivity index (χ2v) is 13.0. The zero-order valence-electron chi connectivity index (χ0n) is 24.7. The molecule has 5 rings (SSSR count). The molecule has 1 N–H and O–H groups in total. The number of benzene rings is 2. The lowest BCUT2D eigenvalue weighted by atomic mass is 9.98. The molecule has 1 aliphatic heterocycles. The fourth-order valence-corrected chi connectivity index (χ4v) is 5.97. The normalized spacial score (nSPS) is 14.5. The van der Waals surface area contributed by atoms with Gasteiger partial charge in [0.15, 0.2) is 0 Å². The van der Waals surface area contributed by atoms with E-state index in [4.69, 9.17) is 9.57 Å². The minimum atomic E-state index is -4.26. The summed E-state index contributed by atoms with van der Waals surface area (Å²) in [5.74, 6) is -1.08. The summed E-state index contributed by atoms with van der Waals surface area (Å²) in [7, 11) is -2.88. The summed E-state index contributed by atoms with van der Waals surface area (Å²) < 4.78 is 48.1. The van der Waals surface area contributed by atoms with Gasteiger partial charge in [-0.25, -0.2) is 22.6 Å². The largest absolute Gasteiger partial charge is 0.480 e. The Balaban J connectivity index is 1.46. The number of halogens is 1. The SMILES string of the molecule is COc1ncc(-c2cc(C)c3nccc(N4CCN(OC(=O)C(C)(C)C)CC4)c3c2)cc1NS(=O)(=O)c1ccccc1F. The van der Waals surface area contributed by atoms with Crippen molar-refractivity contribution >= 4 is 38.3 Å². The number of carbonyl (C=O) groups excluding carboxylic acids is 1. The Bertz CT molecular complexity index is 1780. The van der Waals surface area contributed by atoms with Crippen LogP contribution in [0.3, 0.4) is 0 Å². The summed E-state index contributed by atoms with van der Waals surface area (Å²) >= 11 is 0. The molecule has 12 heteroatoms. The molecule has 1 aliphatic rings. The smallest absolute Gasteiger partial charge is 0.330 e. The van der Waals surface area contributed by atoms with Gasteiger partial charge in [0.1, 0.15) is 16.4 Å². The molecule has 0 unspecified atom stereocenters. The number of nitrogens with zero attached hydrogens (tertiary/aromatic N) is 4. The lowest BCUT2D eigenvalue weighted by Crippen LogP contribution is -2.48. The number of piperazine rings is 1. The molecule has 1 fully saturated rings. The quantitative estimate of drug-likeness (QED) is 0.304.